The molecule has 3 heteroatoms. The van der Waals surface area contributed by atoms with Crippen LogP contribution >= 0.6 is 0 Å². The van der Waals surface area contributed by atoms with E-state index in [1.165, 1.54) is 4.90 Å². The van der Waals surface area contributed by atoms with E-state index in [4.69, 9.17) is 0 Å². The lowest BCUT2D eigenvalue weighted by molar-refractivity contribution is -0.123. The summed E-state index contributed by atoms with van der Waals surface area (Å²) in [6.45, 7) is 4.26. The van der Waals surface area contributed by atoms with Gasteiger partial charge in [0.25, 0.3) is 0 Å². The number of benzene rings is 1. The molecule has 2 aliphatic rings. The zero-order valence-electron chi connectivity index (χ0n) is 12.1. The van der Waals surface area contributed by atoms with Crippen molar-refractivity contribution in [3.8, 4) is 0 Å². The SMILES string of the molecule is CCC1CC(CC)C2C(=O)N(c3ccccc3)C(=O)C12. The van der Waals surface area contributed by atoms with Crippen molar-refractivity contribution in [2.45, 2.75) is 33.1 Å². The highest BCUT2D eigenvalue weighted by Crippen LogP contribution is 2.50. The molecule has 4 atom stereocenters. The monoisotopic (exact) mass is 271 g/mol. The van der Waals surface area contributed by atoms with Crippen molar-refractivity contribution in [3.05, 3.63) is 30.3 Å². The van der Waals surface area contributed by atoms with Gasteiger partial charge in [-0.05, 0) is 30.4 Å². The predicted molar refractivity (Wildman–Crippen MR) is 78.1 cm³/mol. The summed E-state index contributed by atoms with van der Waals surface area (Å²) in [5.74, 6) is 0.614. The molecule has 4 unspecified atom stereocenters. The molecule has 1 saturated heterocycles. The number of nitrogens with zero attached hydrogens (tertiary/aromatic N) is 1. The summed E-state index contributed by atoms with van der Waals surface area (Å²) in [6.07, 6.45) is 3.00. The molecule has 0 bridgehead atoms. The van der Waals surface area contributed by atoms with Gasteiger partial charge in [-0.15, -0.1) is 0 Å². The van der Waals surface area contributed by atoms with Crippen LogP contribution in [-0.4, -0.2) is 11.8 Å². The molecule has 106 valence electrons. The summed E-state index contributed by atoms with van der Waals surface area (Å²) in [6, 6.07) is 9.34. The second-order valence-corrected chi connectivity index (χ2v) is 5.97. The van der Waals surface area contributed by atoms with Gasteiger partial charge in [0.2, 0.25) is 11.8 Å². The first kappa shape index (κ1) is 13.3. The Kier molecular flexibility index (Phi) is 3.36. The third kappa shape index (κ3) is 1.80. The molecular weight excluding hydrogens is 250 g/mol. The second-order valence-electron chi connectivity index (χ2n) is 5.97. The second kappa shape index (κ2) is 5.04. The van der Waals surface area contributed by atoms with Crippen LogP contribution in [0.3, 0.4) is 0 Å². The highest BCUT2D eigenvalue weighted by Gasteiger charge is 2.57. The minimum Gasteiger partial charge on any atom is -0.274 e. The number of carbonyl (C=O) groups excluding carboxylic acids is 2. The Morgan fingerprint density at radius 3 is 1.90 bits per heavy atom. The number of hydrogen-bond acceptors (Lipinski definition) is 2. The Hall–Kier alpha value is -1.64. The lowest BCUT2D eigenvalue weighted by Gasteiger charge is -2.19. The van der Waals surface area contributed by atoms with Gasteiger partial charge in [0.15, 0.2) is 0 Å². The van der Waals surface area contributed by atoms with E-state index in [0.29, 0.717) is 11.8 Å². The maximum absolute atomic E-state index is 12.7. The van der Waals surface area contributed by atoms with E-state index in [1.807, 2.05) is 30.3 Å². The number of para-hydroxylation sites is 1. The van der Waals surface area contributed by atoms with Crippen LogP contribution in [-0.2, 0) is 9.59 Å². The van der Waals surface area contributed by atoms with Crippen molar-refractivity contribution in [3.63, 3.8) is 0 Å². The summed E-state index contributed by atoms with van der Waals surface area (Å²) < 4.78 is 0. The molecule has 0 spiro atoms. The van der Waals surface area contributed by atoms with Crippen LogP contribution in [0, 0.1) is 23.7 Å². The van der Waals surface area contributed by atoms with Crippen LogP contribution in [0.25, 0.3) is 0 Å². The number of carbonyl (C=O) groups is 2. The first-order valence-corrected chi connectivity index (χ1v) is 7.61. The fourth-order valence-electron chi connectivity index (χ4n) is 4.06. The highest BCUT2D eigenvalue weighted by molar-refractivity contribution is 6.22. The van der Waals surface area contributed by atoms with Gasteiger partial charge in [0.05, 0.1) is 17.5 Å². The molecule has 1 aromatic rings. The zero-order valence-corrected chi connectivity index (χ0v) is 12.1. The van der Waals surface area contributed by atoms with Gasteiger partial charge in [-0.1, -0.05) is 44.9 Å². The zero-order chi connectivity index (χ0) is 14.3. The molecule has 3 rings (SSSR count). The quantitative estimate of drug-likeness (QED) is 0.791. The van der Waals surface area contributed by atoms with Crippen LogP contribution in [0.2, 0.25) is 0 Å². The standard InChI is InChI=1S/C17H21NO2/c1-3-11-10-12(4-2)15-14(11)16(19)18(17(15)20)13-8-6-5-7-9-13/h5-9,11-12,14-15H,3-4,10H2,1-2H3. The third-order valence-electron chi connectivity index (χ3n) is 5.08. The van der Waals surface area contributed by atoms with Crippen LogP contribution in [0.1, 0.15) is 33.1 Å². The smallest absolute Gasteiger partial charge is 0.237 e. The van der Waals surface area contributed by atoms with Gasteiger partial charge in [-0.3, -0.25) is 14.5 Å². The number of imide groups is 1. The molecule has 1 aromatic carbocycles. The normalized spacial score (nSPS) is 32.8. The summed E-state index contributed by atoms with van der Waals surface area (Å²) in [7, 11) is 0. The molecular formula is C17H21NO2. The maximum atomic E-state index is 12.7. The van der Waals surface area contributed by atoms with Gasteiger partial charge in [0.1, 0.15) is 0 Å². The average molecular weight is 271 g/mol. The number of rotatable bonds is 3. The molecule has 1 aliphatic heterocycles. The Balaban J connectivity index is 1.98. The largest absolute Gasteiger partial charge is 0.274 e. The van der Waals surface area contributed by atoms with E-state index in [0.717, 1.165) is 24.9 Å². The lowest BCUT2D eigenvalue weighted by atomic mass is 9.88. The van der Waals surface area contributed by atoms with E-state index < -0.39 is 0 Å². The average Bonchev–Trinajstić information content (AvgIpc) is 2.97. The van der Waals surface area contributed by atoms with Gasteiger partial charge >= 0.3 is 0 Å². The number of anilines is 1. The minimum atomic E-state index is -0.0855. The molecule has 0 N–H and O–H groups in total. The van der Waals surface area contributed by atoms with Crippen LogP contribution in [0.15, 0.2) is 30.3 Å². The Labute approximate surface area is 120 Å². The predicted octanol–water partition coefficient (Wildman–Crippen LogP) is 3.25. The first-order valence-electron chi connectivity index (χ1n) is 7.61. The molecule has 2 amide bonds. The van der Waals surface area contributed by atoms with E-state index in [-0.39, 0.29) is 23.7 Å². The van der Waals surface area contributed by atoms with Crippen molar-refractivity contribution in [2.24, 2.45) is 23.7 Å². The third-order valence-corrected chi connectivity index (χ3v) is 5.08. The van der Waals surface area contributed by atoms with Gasteiger partial charge in [-0.2, -0.15) is 0 Å². The van der Waals surface area contributed by atoms with Crippen molar-refractivity contribution in [1.29, 1.82) is 0 Å². The van der Waals surface area contributed by atoms with E-state index in [2.05, 4.69) is 13.8 Å². The topological polar surface area (TPSA) is 37.4 Å². The fraction of sp³-hybridized carbons (Fsp3) is 0.529. The molecule has 1 heterocycles. The molecule has 20 heavy (non-hydrogen) atoms. The van der Waals surface area contributed by atoms with Crippen molar-refractivity contribution >= 4 is 17.5 Å². The van der Waals surface area contributed by atoms with Crippen molar-refractivity contribution in [2.75, 3.05) is 4.90 Å². The van der Waals surface area contributed by atoms with Crippen LogP contribution < -0.4 is 4.90 Å². The van der Waals surface area contributed by atoms with Crippen molar-refractivity contribution < 1.29 is 9.59 Å². The van der Waals surface area contributed by atoms with E-state index in [9.17, 15) is 9.59 Å². The van der Waals surface area contributed by atoms with Gasteiger partial charge in [-0.25, -0.2) is 0 Å². The van der Waals surface area contributed by atoms with E-state index >= 15 is 0 Å². The fourth-order valence-corrected chi connectivity index (χ4v) is 4.06. The number of fused-ring (bicyclic) bond motifs is 1. The lowest BCUT2D eigenvalue weighted by Crippen LogP contribution is -2.33. The van der Waals surface area contributed by atoms with Crippen molar-refractivity contribution in [1.82, 2.24) is 0 Å². The molecule has 3 nitrogen and oxygen atoms in total. The maximum Gasteiger partial charge on any atom is 0.237 e. The summed E-state index contributed by atoms with van der Waals surface area (Å²) in [5.41, 5.74) is 0.724. The molecule has 0 radical (unpaired) electrons. The Morgan fingerprint density at radius 1 is 0.950 bits per heavy atom. The van der Waals surface area contributed by atoms with Gasteiger partial charge < -0.3 is 0 Å². The Bertz CT molecular complexity index is 497. The van der Waals surface area contributed by atoms with Gasteiger partial charge in [0, 0.05) is 0 Å². The van der Waals surface area contributed by atoms with Crippen LogP contribution in [0.4, 0.5) is 5.69 Å². The van der Waals surface area contributed by atoms with E-state index in [1.54, 1.807) is 0 Å². The molecule has 1 aliphatic carbocycles. The number of hydrogen-bond donors (Lipinski definition) is 0. The minimum absolute atomic E-state index is 0.0222. The summed E-state index contributed by atoms with van der Waals surface area (Å²) in [4.78, 5) is 26.9. The molecule has 2 fully saturated rings. The number of amides is 2. The Morgan fingerprint density at radius 2 is 1.45 bits per heavy atom. The molecule has 0 aromatic heterocycles. The molecule has 1 saturated carbocycles. The highest BCUT2D eigenvalue weighted by atomic mass is 16.2. The first-order chi connectivity index (χ1) is 9.69. The van der Waals surface area contributed by atoms with Crippen LogP contribution in [0.5, 0.6) is 0 Å². The summed E-state index contributed by atoms with van der Waals surface area (Å²) >= 11 is 0. The summed E-state index contributed by atoms with van der Waals surface area (Å²) in [5, 5.41) is 0.